The number of hydrogen-bond donors (Lipinski definition) is 1. The molecule has 0 saturated heterocycles. The molecule has 1 N–H and O–H groups in total. The SMILES string of the molecule is CCNCc1nnc(N(C)C2CCCCCC2)o1. The smallest absolute Gasteiger partial charge is 0.318 e. The minimum atomic E-state index is 0.555. The van der Waals surface area contributed by atoms with Crippen molar-refractivity contribution in [3.63, 3.8) is 0 Å². The molecule has 18 heavy (non-hydrogen) atoms. The van der Waals surface area contributed by atoms with Crippen molar-refractivity contribution < 1.29 is 4.42 Å². The van der Waals surface area contributed by atoms with Gasteiger partial charge in [-0.1, -0.05) is 37.7 Å². The van der Waals surface area contributed by atoms with E-state index >= 15 is 0 Å². The minimum absolute atomic E-state index is 0.555. The van der Waals surface area contributed by atoms with Gasteiger partial charge in [-0.05, 0) is 19.4 Å². The van der Waals surface area contributed by atoms with Crippen molar-refractivity contribution in [3.8, 4) is 0 Å². The van der Waals surface area contributed by atoms with Crippen molar-refractivity contribution in [1.82, 2.24) is 15.5 Å². The summed E-state index contributed by atoms with van der Waals surface area (Å²) in [5.74, 6) is 0.673. The highest BCUT2D eigenvalue weighted by molar-refractivity contribution is 5.24. The number of rotatable bonds is 5. The van der Waals surface area contributed by atoms with E-state index in [-0.39, 0.29) is 0 Å². The Balaban J connectivity index is 1.94. The number of nitrogens with zero attached hydrogens (tertiary/aromatic N) is 3. The van der Waals surface area contributed by atoms with E-state index in [9.17, 15) is 0 Å². The van der Waals surface area contributed by atoms with Crippen LogP contribution in [-0.2, 0) is 6.54 Å². The average molecular weight is 252 g/mol. The quantitative estimate of drug-likeness (QED) is 0.815. The Kier molecular flexibility index (Phi) is 4.99. The molecule has 0 radical (unpaired) electrons. The molecule has 2 rings (SSSR count). The number of hydrogen-bond acceptors (Lipinski definition) is 5. The molecule has 1 aliphatic carbocycles. The Morgan fingerprint density at radius 3 is 2.61 bits per heavy atom. The zero-order valence-electron chi connectivity index (χ0n) is 11.5. The molecule has 102 valence electrons. The summed E-state index contributed by atoms with van der Waals surface area (Å²) in [6, 6.07) is 1.22. The van der Waals surface area contributed by atoms with Gasteiger partial charge in [0.15, 0.2) is 0 Å². The Bertz CT molecular complexity index is 345. The van der Waals surface area contributed by atoms with Crippen molar-refractivity contribution in [2.24, 2.45) is 0 Å². The predicted molar refractivity (Wildman–Crippen MR) is 71.6 cm³/mol. The van der Waals surface area contributed by atoms with Gasteiger partial charge in [0, 0.05) is 13.1 Å². The lowest BCUT2D eigenvalue weighted by atomic mass is 10.1. The van der Waals surface area contributed by atoms with Gasteiger partial charge < -0.3 is 14.6 Å². The highest BCUT2D eigenvalue weighted by atomic mass is 16.4. The van der Waals surface area contributed by atoms with Crippen molar-refractivity contribution in [3.05, 3.63) is 5.89 Å². The molecule has 0 spiro atoms. The Hall–Kier alpha value is -1.10. The fourth-order valence-corrected chi connectivity index (χ4v) is 2.49. The van der Waals surface area contributed by atoms with Crippen LogP contribution in [0.4, 0.5) is 6.01 Å². The van der Waals surface area contributed by atoms with E-state index in [0.717, 1.165) is 6.54 Å². The summed E-state index contributed by atoms with van der Waals surface area (Å²) in [4.78, 5) is 2.16. The van der Waals surface area contributed by atoms with Gasteiger partial charge >= 0.3 is 6.01 Å². The molecular weight excluding hydrogens is 228 g/mol. The van der Waals surface area contributed by atoms with Gasteiger partial charge in [-0.2, -0.15) is 0 Å². The maximum absolute atomic E-state index is 5.68. The molecule has 1 aromatic heterocycles. The second kappa shape index (κ2) is 6.73. The van der Waals surface area contributed by atoms with Crippen LogP contribution < -0.4 is 10.2 Å². The maximum atomic E-state index is 5.68. The molecule has 5 heteroatoms. The lowest BCUT2D eigenvalue weighted by Crippen LogP contribution is -2.31. The van der Waals surface area contributed by atoms with Crippen LogP contribution in [0.3, 0.4) is 0 Å². The van der Waals surface area contributed by atoms with Crippen LogP contribution in [0, 0.1) is 0 Å². The summed E-state index contributed by atoms with van der Waals surface area (Å²) >= 11 is 0. The first kappa shape index (κ1) is 13.3. The zero-order valence-corrected chi connectivity index (χ0v) is 11.5. The molecule has 0 aliphatic heterocycles. The molecule has 1 heterocycles. The van der Waals surface area contributed by atoms with E-state index in [0.29, 0.717) is 24.5 Å². The summed E-state index contributed by atoms with van der Waals surface area (Å²) in [7, 11) is 2.07. The van der Waals surface area contributed by atoms with Crippen molar-refractivity contribution in [1.29, 1.82) is 0 Å². The maximum Gasteiger partial charge on any atom is 0.318 e. The summed E-state index contributed by atoms with van der Waals surface area (Å²) in [5.41, 5.74) is 0. The molecule has 1 saturated carbocycles. The van der Waals surface area contributed by atoms with Crippen LogP contribution >= 0.6 is 0 Å². The van der Waals surface area contributed by atoms with E-state index in [2.05, 4.69) is 34.4 Å². The summed E-state index contributed by atoms with van der Waals surface area (Å²) in [5, 5.41) is 11.4. The van der Waals surface area contributed by atoms with Crippen LogP contribution in [0.1, 0.15) is 51.3 Å². The standard InChI is InChI=1S/C13H24N4O/c1-3-14-10-12-15-16-13(18-12)17(2)11-8-6-4-5-7-9-11/h11,14H,3-10H2,1-2H3. The van der Waals surface area contributed by atoms with E-state index in [1.165, 1.54) is 38.5 Å². The largest absolute Gasteiger partial charge is 0.407 e. The number of aromatic nitrogens is 2. The second-order valence-corrected chi connectivity index (χ2v) is 5.01. The Morgan fingerprint density at radius 1 is 1.22 bits per heavy atom. The third kappa shape index (κ3) is 3.45. The third-order valence-corrected chi connectivity index (χ3v) is 3.66. The highest BCUT2D eigenvalue weighted by Gasteiger charge is 2.21. The molecule has 0 unspecified atom stereocenters. The van der Waals surface area contributed by atoms with Gasteiger partial charge in [0.2, 0.25) is 5.89 Å². The summed E-state index contributed by atoms with van der Waals surface area (Å²) in [6.45, 7) is 3.63. The van der Waals surface area contributed by atoms with E-state index in [1.54, 1.807) is 0 Å². The number of anilines is 1. The molecular formula is C13H24N4O. The first-order valence-electron chi connectivity index (χ1n) is 7.07. The van der Waals surface area contributed by atoms with E-state index < -0.39 is 0 Å². The third-order valence-electron chi connectivity index (χ3n) is 3.66. The van der Waals surface area contributed by atoms with Crippen LogP contribution in [0.2, 0.25) is 0 Å². The molecule has 5 nitrogen and oxygen atoms in total. The predicted octanol–water partition coefficient (Wildman–Crippen LogP) is 2.34. The normalized spacial score (nSPS) is 17.7. The van der Waals surface area contributed by atoms with Gasteiger partial charge in [-0.25, -0.2) is 0 Å². The second-order valence-electron chi connectivity index (χ2n) is 5.01. The summed E-state index contributed by atoms with van der Waals surface area (Å²) < 4.78 is 5.68. The highest BCUT2D eigenvalue weighted by Crippen LogP contribution is 2.24. The molecule has 0 atom stereocenters. The molecule has 1 aromatic rings. The first-order chi connectivity index (χ1) is 8.81. The van der Waals surface area contributed by atoms with Crippen LogP contribution in [-0.4, -0.2) is 29.8 Å². The molecule has 0 bridgehead atoms. The molecule has 1 fully saturated rings. The lowest BCUT2D eigenvalue weighted by Gasteiger charge is -2.24. The average Bonchev–Trinajstić information content (AvgIpc) is 2.69. The fraction of sp³-hybridized carbons (Fsp3) is 0.846. The van der Waals surface area contributed by atoms with Gasteiger partial charge in [-0.15, -0.1) is 5.10 Å². The van der Waals surface area contributed by atoms with Gasteiger partial charge in [-0.3, -0.25) is 0 Å². The molecule has 1 aliphatic rings. The Morgan fingerprint density at radius 2 is 1.94 bits per heavy atom. The van der Waals surface area contributed by atoms with Crippen molar-refractivity contribution in [2.75, 3.05) is 18.5 Å². The van der Waals surface area contributed by atoms with Gasteiger partial charge in [0.05, 0.1) is 6.54 Å². The zero-order chi connectivity index (χ0) is 12.8. The first-order valence-corrected chi connectivity index (χ1v) is 7.07. The number of nitrogens with one attached hydrogen (secondary N) is 1. The minimum Gasteiger partial charge on any atom is -0.407 e. The summed E-state index contributed by atoms with van der Waals surface area (Å²) in [6.07, 6.45) is 7.82. The molecule has 0 aromatic carbocycles. The van der Waals surface area contributed by atoms with Crippen LogP contribution in [0.5, 0.6) is 0 Å². The topological polar surface area (TPSA) is 54.2 Å². The van der Waals surface area contributed by atoms with Gasteiger partial charge in [0.25, 0.3) is 0 Å². The van der Waals surface area contributed by atoms with Crippen LogP contribution in [0.25, 0.3) is 0 Å². The lowest BCUT2D eigenvalue weighted by molar-refractivity contribution is 0.444. The van der Waals surface area contributed by atoms with E-state index in [4.69, 9.17) is 4.42 Å². The van der Waals surface area contributed by atoms with Crippen molar-refractivity contribution in [2.45, 2.75) is 58.0 Å². The van der Waals surface area contributed by atoms with Crippen molar-refractivity contribution >= 4 is 6.01 Å². The van der Waals surface area contributed by atoms with Gasteiger partial charge in [0.1, 0.15) is 0 Å². The monoisotopic (exact) mass is 252 g/mol. The van der Waals surface area contributed by atoms with E-state index in [1.807, 2.05) is 0 Å². The Labute approximate surface area is 109 Å². The molecule has 0 amide bonds. The fourth-order valence-electron chi connectivity index (χ4n) is 2.49. The van der Waals surface area contributed by atoms with Crippen LogP contribution in [0.15, 0.2) is 4.42 Å².